The van der Waals surface area contributed by atoms with Gasteiger partial charge in [0.25, 0.3) is 5.69 Å². The van der Waals surface area contributed by atoms with Gasteiger partial charge in [0.15, 0.2) is 0 Å². The minimum atomic E-state index is -0.835. The van der Waals surface area contributed by atoms with Gasteiger partial charge >= 0.3 is 12.0 Å². The number of urea groups is 1. The van der Waals surface area contributed by atoms with Crippen molar-refractivity contribution in [2.75, 3.05) is 27.4 Å². The van der Waals surface area contributed by atoms with E-state index < -0.39 is 23.0 Å². The van der Waals surface area contributed by atoms with Gasteiger partial charge in [0.2, 0.25) is 0 Å². The van der Waals surface area contributed by atoms with Crippen LogP contribution in [0, 0.1) is 10.1 Å². The van der Waals surface area contributed by atoms with E-state index in [0.717, 1.165) is 0 Å². The van der Waals surface area contributed by atoms with Crippen LogP contribution >= 0.6 is 0 Å². The number of allylic oxidation sites excluding steroid dienone is 1. The van der Waals surface area contributed by atoms with Crippen LogP contribution in [0.1, 0.15) is 18.5 Å². The molecule has 0 saturated carbocycles. The summed E-state index contributed by atoms with van der Waals surface area (Å²) in [6.45, 7) is 1.92. The maximum atomic E-state index is 12.5. The molecular formula is C16H19N3O6. The Hall–Kier alpha value is -2.94. The zero-order valence-corrected chi connectivity index (χ0v) is 14.1. The van der Waals surface area contributed by atoms with Crippen molar-refractivity contribution >= 4 is 17.7 Å². The number of non-ortho nitro benzene ring substituents is 1. The molecule has 1 aromatic rings. The Balaban J connectivity index is 2.42. The molecule has 134 valence electrons. The van der Waals surface area contributed by atoms with Gasteiger partial charge < -0.3 is 19.7 Å². The van der Waals surface area contributed by atoms with E-state index in [-0.39, 0.29) is 24.5 Å². The van der Waals surface area contributed by atoms with E-state index in [1.54, 1.807) is 13.0 Å². The highest BCUT2D eigenvalue weighted by Crippen LogP contribution is 2.32. The van der Waals surface area contributed by atoms with Crippen LogP contribution in [0.2, 0.25) is 0 Å². The lowest BCUT2D eigenvalue weighted by Gasteiger charge is -2.33. The number of carbonyl (C=O) groups is 2. The molecule has 1 aliphatic heterocycles. The first-order chi connectivity index (χ1) is 11.9. The van der Waals surface area contributed by atoms with E-state index in [1.165, 1.54) is 37.3 Å². The molecule has 2 amide bonds. The summed E-state index contributed by atoms with van der Waals surface area (Å²) < 4.78 is 10.0. The Bertz CT molecular complexity index is 730. The maximum Gasteiger partial charge on any atom is 0.338 e. The second kappa shape index (κ2) is 7.75. The van der Waals surface area contributed by atoms with Gasteiger partial charge in [-0.05, 0) is 12.5 Å². The highest BCUT2D eigenvalue weighted by atomic mass is 16.6. The van der Waals surface area contributed by atoms with E-state index in [9.17, 15) is 19.7 Å². The number of carbonyl (C=O) groups excluding carboxylic acids is 2. The predicted octanol–water partition coefficient (Wildman–Crippen LogP) is 1.75. The van der Waals surface area contributed by atoms with Crippen LogP contribution in [-0.2, 0) is 14.3 Å². The van der Waals surface area contributed by atoms with Crippen molar-refractivity contribution < 1.29 is 24.0 Å². The fourth-order valence-corrected chi connectivity index (χ4v) is 2.46. The first-order valence-corrected chi connectivity index (χ1v) is 7.52. The van der Waals surface area contributed by atoms with Crippen molar-refractivity contribution in [1.82, 2.24) is 10.2 Å². The van der Waals surface area contributed by atoms with E-state index in [4.69, 9.17) is 9.47 Å². The number of nitrogens with zero attached hydrogens (tertiary/aromatic N) is 2. The summed E-state index contributed by atoms with van der Waals surface area (Å²) in [5.41, 5.74) is 0.936. The zero-order valence-electron chi connectivity index (χ0n) is 14.1. The van der Waals surface area contributed by atoms with Gasteiger partial charge in [0, 0.05) is 32.0 Å². The van der Waals surface area contributed by atoms with Crippen LogP contribution in [0.3, 0.4) is 0 Å². The third-order valence-electron chi connectivity index (χ3n) is 3.91. The lowest BCUT2D eigenvalue weighted by Crippen LogP contribution is -2.46. The highest BCUT2D eigenvalue weighted by molar-refractivity contribution is 5.95. The number of benzene rings is 1. The minimum Gasteiger partial charge on any atom is -0.460 e. The van der Waals surface area contributed by atoms with Crippen molar-refractivity contribution in [2.45, 2.75) is 13.0 Å². The SMILES string of the molecule is COCCOC(=O)C1=C(C)N(C)C(=O)N[C@H]1c1cccc([N+](=O)[O-])c1. The van der Waals surface area contributed by atoms with Crippen LogP contribution in [0.25, 0.3) is 0 Å². The van der Waals surface area contributed by atoms with Crippen LogP contribution in [0.15, 0.2) is 35.5 Å². The van der Waals surface area contributed by atoms with E-state index >= 15 is 0 Å². The molecule has 9 heteroatoms. The molecule has 0 unspecified atom stereocenters. The molecule has 1 heterocycles. The van der Waals surface area contributed by atoms with Crippen molar-refractivity contribution in [2.24, 2.45) is 0 Å². The van der Waals surface area contributed by atoms with E-state index in [2.05, 4.69) is 5.32 Å². The normalized spacial score (nSPS) is 17.3. The largest absolute Gasteiger partial charge is 0.460 e. The number of hydrogen-bond acceptors (Lipinski definition) is 6. The Morgan fingerprint density at radius 2 is 2.12 bits per heavy atom. The summed E-state index contributed by atoms with van der Waals surface area (Å²) in [5.74, 6) is -0.613. The number of methoxy groups -OCH3 is 1. The molecule has 1 atom stereocenters. The van der Waals surface area contributed by atoms with Crippen LogP contribution in [0.5, 0.6) is 0 Å². The van der Waals surface area contributed by atoms with E-state index in [1.807, 2.05) is 0 Å². The molecule has 0 fully saturated rings. The average Bonchev–Trinajstić information content (AvgIpc) is 2.59. The molecule has 2 rings (SSSR count). The van der Waals surface area contributed by atoms with Gasteiger partial charge in [0.05, 0.1) is 23.1 Å². The molecule has 1 N–H and O–H groups in total. The van der Waals surface area contributed by atoms with Crippen molar-refractivity contribution in [3.63, 3.8) is 0 Å². The van der Waals surface area contributed by atoms with E-state index in [0.29, 0.717) is 11.3 Å². The molecule has 9 nitrogen and oxygen atoms in total. The summed E-state index contributed by atoms with van der Waals surface area (Å²) in [4.78, 5) is 36.4. The smallest absolute Gasteiger partial charge is 0.338 e. The first kappa shape index (κ1) is 18.4. The fraction of sp³-hybridized carbons (Fsp3) is 0.375. The van der Waals surface area contributed by atoms with Crippen molar-refractivity contribution in [1.29, 1.82) is 0 Å². The van der Waals surface area contributed by atoms with Gasteiger partial charge in [-0.1, -0.05) is 12.1 Å². The molecule has 0 spiro atoms. The molecule has 0 bridgehead atoms. The first-order valence-electron chi connectivity index (χ1n) is 7.52. The summed E-state index contributed by atoms with van der Waals surface area (Å²) in [6.07, 6.45) is 0. The number of esters is 1. The van der Waals surface area contributed by atoms with Gasteiger partial charge in [0.1, 0.15) is 6.61 Å². The second-order valence-electron chi connectivity index (χ2n) is 5.42. The number of amides is 2. The molecule has 1 aromatic carbocycles. The molecule has 0 aliphatic carbocycles. The molecule has 0 saturated heterocycles. The highest BCUT2D eigenvalue weighted by Gasteiger charge is 2.35. The molecule has 1 aliphatic rings. The predicted molar refractivity (Wildman–Crippen MR) is 87.7 cm³/mol. The van der Waals surface area contributed by atoms with Gasteiger partial charge in [-0.25, -0.2) is 9.59 Å². The Morgan fingerprint density at radius 3 is 2.76 bits per heavy atom. The average molecular weight is 349 g/mol. The lowest BCUT2D eigenvalue weighted by molar-refractivity contribution is -0.384. The van der Waals surface area contributed by atoms with Crippen LogP contribution in [-0.4, -0.2) is 49.2 Å². The number of nitro benzene ring substituents is 1. The summed E-state index contributed by atoms with van der Waals surface area (Å²) >= 11 is 0. The third-order valence-corrected chi connectivity index (χ3v) is 3.91. The van der Waals surface area contributed by atoms with Crippen molar-refractivity contribution in [3.8, 4) is 0 Å². The van der Waals surface area contributed by atoms with Gasteiger partial charge in [-0.2, -0.15) is 0 Å². The molecular weight excluding hydrogens is 330 g/mol. The summed E-state index contributed by atoms with van der Waals surface area (Å²) in [5, 5.41) is 13.7. The van der Waals surface area contributed by atoms with Gasteiger partial charge in [-0.3, -0.25) is 10.1 Å². The minimum absolute atomic E-state index is 0.0609. The van der Waals surface area contributed by atoms with Crippen molar-refractivity contribution in [3.05, 3.63) is 51.2 Å². The second-order valence-corrected chi connectivity index (χ2v) is 5.42. The molecule has 0 aromatic heterocycles. The fourth-order valence-electron chi connectivity index (χ4n) is 2.46. The number of nitrogens with one attached hydrogen (secondary N) is 1. The Morgan fingerprint density at radius 1 is 1.40 bits per heavy atom. The number of ether oxygens (including phenoxy) is 2. The summed E-state index contributed by atoms with van der Waals surface area (Å²) in [7, 11) is 3.01. The lowest BCUT2D eigenvalue weighted by atomic mass is 9.95. The Labute approximate surface area is 144 Å². The quantitative estimate of drug-likeness (QED) is 0.362. The third kappa shape index (κ3) is 3.94. The molecule has 0 radical (unpaired) electrons. The van der Waals surface area contributed by atoms with Crippen LogP contribution < -0.4 is 5.32 Å². The monoisotopic (exact) mass is 349 g/mol. The number of rotatable bonds is 6. The van der Waals surface area contributed by atoms with Crippen LogP contribution in [0.4, 0.5) is 10.5 Å². The number of hydrogen-bond donors (Lipinski definition) is 1. The zero-order chi connectivity index (χ0) is 18.6. The standard InChI is InChI=1S/C16H19N3O6/c1-10-13(15(20)25-8-7-24-3)14(17-16(21)18(10)2)11-5-4-6-12(9-11)19(22)23/h4-6,9,14H,7-8H2,1-3H3,(H,17,21)/t14-/m0/s1. The maximum absolute atomic E-state index is 12.5. The van der Waals surface area contributed by atoms with Gasteiger partial charge in [-0.15, -0.1) is 0 Å². The Kier molecular flexibility index (Phi) is 5.71. The number of nitro groups is 1. The molecule has 25 heavy (non-hydrogen) atoms. The summed E-state index contributed by atoms with van der Waals surface area (Å²) in [6, 6.07) is 4.53. The topological polar surface area (TPSA) is 111 Å².